The summed E-state index contributed by atoms with van der Waals surface area (Å²) in [5, 5.41) is 19.2. The van der Waals surface area contributed by atoms with Gasteiger partial charge in [0.15, 0.2) is 0 Å². The molecule has 0 heterocycles. The van der Waals surface area contributed by atoms with Gasteiger partial charge >= 0.3 is 0 Å². The summed E-state index contributed by atoms with van der Waals surface area (Å²) in [6, 6.07) is 6.11. The molecule has 1 aromatic rings. The van der Waals surface area contributed by atoms with Crippen molar-refractivity contribution in [3.05, 3.63) is 52.3 Å². The third-order valence-electron chi connectivity index (χ3n) is 1.53. The number of aliphatic hydroxyl groups excluding tert-OH is 1. The molecule has 1 aromatic carbocycles. The minimum Gasteiger partial charge on any atom is -0.513 e. The summed E-state index contributed by atoms with van der Waals surface area (Å²) in [5.41, 5.74) is 0.709. The van der Waals surface area contributed by atoms with Crippen LogP contribution in [0.1, 0.15) is 5.56 Å². The molecule has 0 aliphatic rings. The third kappa shape index (κ3) is 2.59. The number of allylic oxidation sites excluding steroid dienone is 1. The lowest BCUT2D eigenvalue weighted by atomic mass is 10.1. The molecule has 4 nitrogen and oxygen atoms in total. The molecule has 0 spiro atoms. The molecule has 0 aromatic heterocycles. The van der Waals surface area contributed by atoms with E-state index in [4.69, 9.17) is 5.11 Å². The summed E-state index contributed by atoms with van der Waals surface area (Å²) < 4.78 is 0. The summed E-state index contributed by atoms with van der Waals surface area (Å²) in [4.78, 5) is 9.89. The van der Waals surface area contributed by atoms with Gasteiger partial charge in [0.25, 0.3) is 5.69 Å². The van der Waals surface area contributed by atoms with Gasteiger partial charge in [0.05, 0.1) is 10.7 Å². The van der Waals surface area contributed by atoms with Gasteiger partial charge in [-0.25, -0.2) is 0 Å². The quantitative estimate of drug-likeness (QED) is 0.439. The number of hydrogen-bond donors (Lipinski definition) is 1. The van der Waals surface area contributed by atoms with Crippen LogP contribution in [-0.2, 0) is 6.42 Å². The zero-order valence-electron chi connectivity index (χ0n) is 6.93. The first kappa shape index (κ1) is 9.25. The van der Waals surface area contributed by atoms with Crippen LogP contribution in [0.25, 0.3) is 0 Å². The zero-order chi connectivity index (χ0) is 9.84. The number of hydrogen-bond acceptors (Lipinski definition) is 3. The average molecular weight is 179 g/mol. The third-order valence-corrected chi connectivity index (χ3v) is 1.53. The van der Waals surface area contributed by atoms with E-state index in [1.54, 1.807) is 12.1 Å². The monoisotopic (exact) mass is 179 g/mol. The average Bonchev–Trinajstić information content (AvgIpc) is 2.03. The molecule has 0 radical (unpaired) electrons. The highest BCUT2D eigenvalue weighted by atomic mass is 16.6. The van der Waals surface area contributed by atoms with Crippen LogP contribution in [0.15, 0.2) is 36.6 Å². The number of nitrogens with zero attached hydrogens (tertiary/aromatic N) is 1. The molecule has 0 saturated carbocycles. The molecular formula is C9H9NO3. The number of rotatable bonds is 3. The summed E-state index contributed by atoms with van der Waals surface area (Å²) in [7, 11) is 0. The van der Waals surface area contributed by atoms with Gasteiger partial charge in [-0.15, -0.1) is 0 Å². The van der Waals surface area contributed by atoms with Crippen LogP contribution in [0.5, 0.6) is 0 Å². The maximum atomic E-state index is 10.4. The maximum Gasteiger partial charge on any atom is 0.269 e. The lowest BCUT2D eigenvalue weighted by Crippen LogP contribution is -1.91. The standard InChI is InChI=1S/C9H9NO3/c1-7(11)5-8-3-2-4-9(6-8)10(12)13/h2-4,6,11H,1,5H2. The Morgan fingerprint density at radius 3 is 2.85 bits per heavy atom. The smallest absolute Gasteiger partial charge is 0.269 e. The highest BCUT2D eigenvalue weighted by molar-refractivity contribution is 5.35. The maximum absolute atomic E-state index is 10.4. The van der Waals surface area contributed by atoms with Gasteiger partial charge in [0.2, 0.25) is 0 Å². The number of non-ortho nitro benzene ring substituents is 1. The molecule has 0 fully saturated rings. The number of benzene rings is 1. The van der Waals surface area contributed by atoms with Crippen LogP contribution in [0, 0.1) is 10.1 Å². The van der Waals surface area contributed by atoms with Crippen molar-refractivity contribution >= 4 is 5.69 Å². The number of nitro groups is 1. The van der Waals surface area contributed by atoms with E-state index >= 15 is 0 Å². The molecule has 0 atom stereocenters. The fourth-order valence-electron chi connectivity index (χ4n) is 1.02. The molecule has 0 unspecified atom stereocenters. The normalized spacial score (nSPS) is 9.54. The minimum absolute atomic E-state index is 0.000461. The molecule has 1 rings (SSSR count). The molecule has 4 heteroatoms. The summed E-state index contributed by atoms with van der Waals surface area (Å²) in [6.45, 7) is 3.31. The van der Waals surface area contributed by atoms with Gasteiger partial charge in [0.1, 0.15) is 0 Å². The van der Waals surface area contributed by atoms with Gasteiger partial charge in [-0.2, -0.15) is 0 Å². The Labute approximate surface area is 75.3 Å². The van der Waals surface area contributed by atoms with Crippen LogP contribution in [-0.4, -0.2) is 10.0 Å². The summed E-state index contributed by atoms with van der Waals surface area (Å²) in [5.74, 6) is 0.000461. The summed E-state index contributed by atoms with van der Waals surface area (Å²) in [6.07, 6.45) is 0.252. The Kier molecular flexibility index (Phi) is 2.64. The van der Waals surface area contributed by atoms with Crippen molar-refractivity contribution in [2.24, 2.45) is 0 Å². The number of nitro benzene ring substituents is 1. The van der Waals surface area contributed by atoms with E-state index in [0.29, 0.717) is 5.56 Å². The molecule has 68 valence electrons. The molecule has 0 bridgehead atoms. The molecular weight excluding hydrogens is 170 g/mol. The predicted octanol–water partition coefficient (Wildman–Crippen LogP) is 2.21. The molecule has 0 aliphatic carbocycles. The molecule has 0 aliphatic heterocycles. The second-order valence-electron chi connectivity index (χ2n) is 2.67. The Hall–Kier alpha value is -1.84. The molecule has 13 heavy (non-hydrogen) atoms. The van der Waals surface area contributed by atoms with E-state index in [9.17, 15) is 10.1 Å². The van der Waals surface area contributed by atoms with E-state index in [1.807, 2.05) is 0 Å². The minimum atomic E-state index is -0.469. The van der Waals surface area contributed by atoms with E-state index in [0.717, 1.165) is 0 Å². The lowest BCUT2D eigenvalue weighted by molar-refractivity contribution is -0.384. The van der Waals surface area contributed by atoms with Gasteiger partial charge in [0, 0.05) is 18.6 Å². The molecule has 0 saturated heterocycles. The van der Waals surface area contributed by atoms with Gasteiger partial charge in [-0.05, 0) is 5.56 Å². The van der Waals surface area contributed by atoms with Gasteiger partial charge in [-0.1, -0.05) is 18.7 Å². The predicted molar refractivity (Wildman–Crippen MR) is 48.6 cm³/mol. The summed E-state index contributed by atoms with van der Waals surface area (Å²) >= 11 is 0. The largest absolute Gasteiger partial charge is 0.513 e. The second-order valence-corrected chi connectivity index (χ2v) is 2.67. The molecule has 1 N–H and O–H groups in total. The van der Waals surface area contributed by atoms with Gasteiger partial charge < -0.3 is 5.11 Å². The van der Waals surface area contributed by atoms with Crippen molar-refractivity contribution in [2.75, 3.05) is 0 Å². The van der Waals surface area contributed by atoms with Crippen molar-refractivity contribution in [1.29, 1.82) is 0 Å². The fourth-order valence-corrected chi connectivity index (χ4v) is 1.02. The Morgan fingerprint density at radius 1 is 1.62 bits per heavy atom. The Morgan fingerprint density at radius 2 is 2.31 bits per heavy atom. The van der Waals surface area contributed by atoms with Crippen LogP contribution >= 0.6 is 0 Å². The van der Waals surface area contributed by atoms with Crippen molar-refractivity contribution in [3.8, 4) is 0 Å². The Bertz CT molecular complexity index is 346. The first-order valence-corrected chi connectivity index (χ1v) is 3.69. The van der Waals surface area contributed by atoms with Crippen LogP contribution in [0.2, 0.25) is 0 Å². The van der Waals surface area contributed by atoms with E-state index < -0.39 is 4.92 Å². The van der Waals surface area contributed by atoms with E-state index in [1.165, 1.54) is 12.1 Å². The highest BCUT2D eigenvalue weighted by Crippen LogP contribution is 2.14. The fraction of sp³-hybridized carbons (Fsp3) is 0.111. The van der Waals surface area contributed by atoms with Crippen molar-refractivity contribution in [3.63, 3.8) is 0 Å². The van der Waals surface area contributed by atoms with Crippen LogP contribution in [0.4, 0.5) is 5.69 Å². The zero-order valence-corrected chi connectivity index (χ0v) is 6.93. The Balaban J connectivity index is 2.91. The van der Waals surface area contributed by atoms with Crippen molar-refractivity contribution < 1.29 is 10.0 Å². The topological polar surface area (TPSA) is 63.4 Å². The lowest BCUT2D eigenvalue weighted by Gasteiger charge is -1.98. The number of aliphatic hydroxyl groups is 1. The highest BCUT2D eigenvalue weighted by Gasteiger charge is 2.05. The SMILES string of the molecule is C=C(O)Cc1cccc([N+](=O)[O-])c1. The first-order chi connectivity index (χ1) is 6.09. The first-order valence-electron chi connectivity index (χ1n) is 3.69. The van der Waals surface area contributed by atoms with Crippen LogP contribution < -0.4 is 0 Å². The van der Waals surface area contributed by atoms with Crippen molar-refractivity contribution in [2.45, 2.75) is 6.42 Å². The van der Waals surface area contributed by atoms with E-state index in [-0.39, 0.29) is 17.9 Å². The van der Waals surface area contributed by atoms with Crippen LogP contribution in [0.3, 0.4) is 0 Å². The second kappa shape index (κ2) is 3.71. The van der Waals surface area contributed by atoms with Gasteiger partial charge in [-0.3, -0.25) is 10.1 Å². The van der Waals surface area contributed by atoms with Crippen molar-refractivity contribution in [1.82, 2.24) is 0 Å². The molecule has 0 amide bonds. The van der Waals surface area contributed by atoms with E-state index in [2.05, 4.69) is 6.58 Å².